The molecule has 0 fully saturated rings. The second-order valence-corrected chi connectivity index (χ2v) is 5.91. The number of anilines is 1. The Morgan fingerprint density at radius 3 is 2.29 bits per heavy atom. The van der Waals surface area contributed by atoms with E-state index in [-0.39, 0.29) is 5.91 Å². The zero-order valence-electron chi connectivity index (χ0n) is 13.1. The molecule has 0 aliphatic carbocycles. The molecule has 0 aliphatic rings. The van der Waals surface area contributed by atoms with Crippen molar-refractivity contribution in [3.05, 3.63) is 58.1 Å². The number of rotatable bonds is 5. The third-order valence-electron chi connectivity index (χ3n) is 3.27. The molecule has 1 unspecified atom stereocenters. The highest BCUT2D eigenvalue weighted by Crippen LogP contribution is 2.27. The summed E-state index contributed by atoms with van der Waals surface area (Å²) in [4.78, 5) is 24.4. The van der Waals surface area contributed by atoms with Gasteiger partial charge in [-0.15, -0.1) is 0 Å². The lowest BCUT2D eigenvalue weighted by atomic mass is 10.2. The summed E-state index contributed by atoms with van der Waals surface area (Å²) in [6, 6.07) is 10.5. The van der Waals surface area contributed by atoms with Gasteiger partial charge in [0.2, 0.25) is 5.91 Å². The molecule has 0 radical (unpaired) electrons. The number of halogens is 2. The minimum absolute atomic E-state index is 0.368. The maximum absolute atomic E-state index is 12.3. The van der Waals surface area contributed by atoms with Gasteiger partial charge >= 0.3 is 0 Å². The van der Waals surface area contributed by atoms with E-state index in [4.69, 9.17) is 27.9 Å². The van der Waals surface area contributed by atoms with Crippen LogP contribution in [0.3, 0.4) is 0 Å². The van der Waals surface area contributed by atoms with E-state index in [1.807, 2.05) is 0 Å². The van der Waals surface area contributed by atoms with Crippen LogP contribution in [0.25, 0.3) is 0 Å². The Hall–Kier alpha value is -2.24. The molecule has 1 atom stereocenters. The van der Waals surface area contributed by atoms with E-state index in [2.05, 4.69) is 10.6 Å². The molecule has 24 heavy (non-hydrogen) atoms. The molecule has 2 N–H and O–H groups in total. The molecule has 0 heterocycles. The largest absolute Gasteiger partial charge is 0.495 e. The molecular weight excluding hydrogens is 351 g/mol. The minimum Gasteiger partial charge on any atom is -0.495 e. The van der Waals surface area contributed by atoms with E-state index in [9.17, 15) is 9.59 Å². The topological polar surface area (TPSA) is 67.4 Å². The van der Waals surface area contributed by atoms with Crippen molar-refractivity contribution in [3.8, 4) is 5.75 Å². The molecule has 0 saturated heterocycles. The summed E-state index contributed by atoms with van der Waals surface area (Å²) in [7, 11) is 1.49. The molecule has 0 saturated carbocycles. The zero-order valence-corrected chi connectivity index (χ0v) is 14.6. The van der Waals surface area contributed by atoms with E-state index in [0.717, 1.165) is 0 Å². The van der Waals surface area contributed by atoms with Gasteiger partial charge in [0.15, 0.2) is 0 Å². The van der Waals surface area contributed by atoms with Gasteiger partial charge in [0.25, 0.3) is 5.91 Å². The van der Waals surface area contributed by atoms with Crippen LogP contribution in [0.15, 0.2) is 42.5 Å². The van der Waals surface area contributed by atoms with Crippen LogP contribution in [-0.2, 0) is 4.79 Å². The first-order valence-corrected chi connectivity index (χ1v) is 7.87. The second kappa shape index (κ2) is 8.04. The van der Waals surface area contributed by atoms with E-state index in [0.29, 0.717) is 27.0 Å². The molecule has 5 nitrogen and oxygen atoms in total. The maximum atomic E-state index is 12.3. The van der Waals surface area contributed by atoms with Crippen LogP contribution in [0.1, 0.15) is 17.3 Å². The molecule has 2 rings (SSSR count). The van der Waals surface area contributed by atoms with Crippen LogP contribution in [0.4, 0.5) is 5.69 Å². The van der Waals surface area contributed by atoms with E-state index < -0.39 is 11.9 Å². The van der Waals surface area contributed by atoms with Crippen molar-refractivity contribution in [2.24, 2.45) is 0 Å². The molecule has 7 heteroatoms. The van der Waals surface area contributed by atoms with E-state index in [1.54, 1.807) is 49.4 Å². The number of carbonyl (C=O) groups excluding carboxylic acids is 2. The molecule has 0 aliphatic heterocycles. The van der Waals surface area contributed by atoms with Crippen molar-refractivity contribution in [2.45, 2.75) is 13.0 Å². The molecule has 0 bridgehead atoms. The number of hydrogen-bond acceptors (Lipinski definition) is 3. The first-order valence-electron chi connectivity index (χ1n) is 7.11. The van der Waals surface area contributed by atoms with Crippen LogP contribution in [-0.4, -0.2) is 25.0 Å². The third-order valence-corrected chi connectivity index (χ3v) is 3.75. The zero-order chi connectivity index (χ0) is 17.7. The Kier molecular flexibility index (Phi) is 6.06. The van der Waals surface area contributed by atoms with Gasteiger partial charge in [0.05, 0.1) is 12.8 Å². The number of carbonyl (C=O) groups is 2. The summed E-state index contributed by atoms with van der Waals surface area (Å²) in [5, 5.41) is 6.30. The number of nitrogens with one attached hydrogen (secondary N) is 2. The molecule has 2 aromatic carbocycles. The second-order valence-electron chi connectivity index (χ2n) is 5.04. The van der Waals surface area contributed by atoms with Crippen LogP contribution in [0, 0.1) is 0 Å². The third kappa shape index (κ3) is 4.63. The number of amides is 2. The summed E-state index contributed by atoms with van der Waals surface area (Å²) >= 11 is 11.7. The predicted molar refractivity (Wildman–Crippen MR) is 95.0 cm³/mol. The normalized spacial score (nSPS) is 11.5. The van der Waals surface area contributed by atoms with Crippen molar-refractivity contribution in [3.63, 3.8) is 0 Å². The Balaban J connectivity index is 2.03. The number of ether oxygens (including phenoxy) is 1. The average molecular weight is 367 g/mol. The Labute approximate surface area is 149 Å². The summed E-state index contributed by atoms with van der Waals surface area (Å²) in [6.45, 7) is 1.58. The van der Waals surface area contributed by atoms with Gasteiger partial charge in [-0.05, 0) is 49.4 Å². The quantitative estimate of drug-likeness (QED) is 0.846. The number of benzene rings is 2. The number of hydrogen-bond donors (Lipinski definition) is 2. The monoisotopic (exact) mass is 366 g/mol. The summed E-state index contributed by atoms with van der Waals surface area (Å²) in [5.41, 5.74) is 0.849. The minimum atomic E-state index is -0.753. The highest BCUT2D eigenvalue weighted by Gasteiger charge is 2.18. The van der Waals surface area contributed by atoms with Gasteiger partial charge in [0.1, 0.15) is 11.8 Å². The first kappa shape index (κ1) is 18.1. The smallest absolute Gasteiger partial charge is 0.251 e. The van der Waals surface area contributed by atoms with Crippen molar-refractivity contribution in [1.82, 2.24) is 5.32 Å². The Morgan fingerprint density at radius 2 is 1.67 bits per heavy atom. The summed E-state index contributed by atoms with van der Waals surface area (Å²) in [6.07, 6.45) is 0. The summed E-state index contributed by atoms with van der Waals surface area (Å²) < 4.78 is 5.17. The highest BCUT2D eigenvalue weighted by atomic mass is 35.5. The maximum Gasteiger partial charge on any atom is 0.251 e. The van der Waals surface area contributed by atoms with Crippen molar-refractivity contribution in [2.75, 3.05) is 12.4 Å². The Morgan fingerprint density at radius 1 is 1.04 bits per heavy atom. The van der Waals surface area contributed by atoms with E-state index in [1.165, 1.54) is 7.11 Å². The van der Waals surface area contributed by atoms with Crippen LogP contribution in [0.5, 0.6) is 5.75 Å². The SMILES string of the molecule is COc1ccc(Cl)cc1NC(=O)C(C)NC(=O)c1ccc(Cl)cc1. The molecule has 0 spiro atoms. The van der Waals surface area contributed by atoms with Gasteiger partial charge in [-0.25, -0.2) is 0 Å². The lowest BCUT2D eigenvalue weighted by molar-refractivity contribution is -0.117. The lowest BCUT2D eigenvalue weighted by Gasteiger charge is -2.16. The number of methoxy groups -OCH3 is 1. The molecule has 126 valence electrons. The van der Waals surface area contributed by atoms with Gasteiger partial charge in [-0.3, -0.25) is 9.59 Å². The fourth-order valence-corrected chi connectivity index (χ4v) is 2.26. The average Bonchev–Trinajstić information content (AvgIpc) is 2.55. The lowest BCUT2D eigenvalue weighted by Crippen LogP contribution is -2.41. The predicted octanol–water partition coefficient (Wildman–Crippen LogP) is 3.76. The molecule has 0 aromatic heterocycles. The van der Waals surface area contributed by atoms with Gasteiger partial charge in [-0.1, -0.05) is 23.2 Å². The van der Waals surface area contributed by atoms with Crippen LogP contribution >= 0.6 is 23.2 Å². The van der Waals surface area contributed by atoms with E-state index >= 15 is 0 Å². The highest BCUT2D eigenvalue weighted by molar-refractivity contribution is 6.31. The van der Waals surface area contributed by atoms with Crippen LogP contribution < -0.4 is 15.4 Å². The molecule has 2 amide bonds. The molecular formula is C17H16Cl2N2O3. The fraction of sp³-hybridized carbons (Fsp3) is 0.176. The summed E-state index contributed by atoms with van der Waals surface area (Å²) in [5.74, 6) is -0.283. The molecule has 2 aromatic rings. The fourth-order valence-electron chi connectivity index (χ4n) is 1.97. The standard InChI is InChI=1S/C17H16Cl2N2O3/c1-10(20-17(23)11-3-5-12(18)6-4-11)16(22)21-14-9-13(19)7-8-15(14)24-2/h3-10H,1-2H3,(H,20,23)(H,21,22). The van der Waals surface area contributed by atoms with Gasteiger partial charge in [-0.2, -0.15) is 0 Å². The first-order chi connectivity index (χ1) is 11.4. The van der Waals surface area contributed by atoms with Crippen LogP contribution in [0.2, 0.25) is 10.0 Å². The Bertz CT molecular complexity index is 748. The van der Waals surface area contributed by atoms with Crippen molar-refractivity contribution >= 4 is 40.7 Å². The van der Waals surface area contributed by atoms with Gasteiger partial charge < -0.3 is 15.4 Å². The van der Waals surface area contributed by atoms with Gasteiger partial charge in [0, 0.05) is 15.6 Å². The van der Waals surface area contributed by atoms with Crippen molar-refractivity contribution in [1.29, 1.82) is 0 Å². The van der Waals surface area contributed by atoms with Crippen molar-refractivity contribution < 1.29 is 14.3 Å².